The van der Waals surface area contributed by atoms with Crippen LogP contribution in [0.5, 0.6) is 0 Å². The molecule has 13 heavy (non-hydrogen) atoms. The molecule has 3 nitrogen and oxygen atoms in total. The fourth-order valence-electron chi connectivity index (χ4n) is 0.532. The number of alkyl halides is 3. The minimum Gasteiger partial charge on any atom is -0.453 e. The number of aromatic nitrogens is 1. The van der Waals surface area contributed by atoms with E-state index >= 15 is 0 Å². The number of hydrogen-bond donors (Lipinski definition) is 0. The number of carbonyl (C=O) groups is 1. The van der Waals surface area contributed by atoms with Crippen molar-refractivity contribution in [1.29, 1.82) is 0 Å². The van der Waals surface area contributed by atoms with Crippen molar-refractivity contribution in [2.24, 2.45) is 0 Å². The fourth-order valence-corrected chi connectivity index (χ4v) is 1.04. The van der Waals surface area contributed by atoms with Crippen LogP contribution in [0.15, 0.2) is 11.7 Å². The van der Waals surface area contributed by atoms with Crippen LogP contribution in [0.3, 0.4) is 0 Å². The van der Waals surface area contributed by atoms with Gasteiger partial charge in [0.05, 0.1) is 10.4 Å². The van der Waals surface area contributed by atoms with Crippen LogP contribution in [0, 0.1) is 0 Å². The quantitative estimate of drug-likeness (QED) is 0.699. The van der Waals surface area contributed by atoms with Gasteiger partial charge in [0, 0.05) is 6.20 Å². The van der Waals surface area contributed by atoms with Crippen LogP contribution >= 0.6 is 11.3 Å². The summed E-state index contributed by atoms with van der Waals surface area (Å²) in [4.78, 5) is 14.3. The largest absolute Gasteiger partial charge is 0.490 e. The smallest absolute Gasteiger partial charge is 0.453 e. The van der Waals surface area contributed by atoms with Gasteiger partial charge in [-0.2, -0.15) is 13.2 Å². The second-order valence-corrected chi connectivity index (χ2v) is 3.01. The predicted molar refractivity (Wildman–Crippen MR) is 38.0 cm³/mol. The van der Waals surface area contributed by atoms with Crippen molar-refractivity contribution in [3.05, 3.63) is 16.6 Å². The third-order valence-corrected chi connectivity index (χ3v) is 1.81. The zero-order chi connectivity index (χ0) is 9.90. The molecule has 0 aliphatic carbocycles. The Kier molecular flexibility index (Phi) is 2.86. The molecule has 0 radical (unpaired) electrons. The van der Waals surface area contributed by atoms with Gasteiger partial charge in [-0.1, -0.05) is 0 Å². The number of rotatable bonds is 2. The number of nitrogens with zero attached hydrogens (tertiary/aromatic N) is 1. The number of thiazole rings is 1. The van der Waals surface area contributed by atoms with Crippen molar-refractivity contribution in [3.63, 3.8) is 0 Å². The summed E-state index contributed by atoms with van der Waals surface area (Å²) in [5, 5.41) is 0. The van der Waals surface area contributed by atoms with E-state index < -0.39 is 12.1 Å². The molecule has 0 saturated heterocycles. The van der Waals surface area contributed by atoms with E-state index in [0.717, 1.165) is 11.3 Å². The third kappa shape index (κ3) is 3.02. The highest BCUT2D eigenvalue weighted by Crippen LogP contribution is 2.18. The van der Waals surface area contributed by atoms with Crippen molar-refractivity contribution < 1.29 is 22.7 Å². The molecule has 0 spiro atoms. The van der Waals surface area contributed by atoms with Gasteiger partial charge in [0.25, 0.3) is 0 Å². The Hall–Kier alpha value is -1.11. The highest BCUT2D eigenvalue weighted by molar-refractivity contribution is 7.09. The average Bonchev–Trinajstić information content (AvgIpc) is 2.50. The second kappa shape index (κ2) is 3.73. The first-order chi connectivity index (χ1) is 6.00. The van der Waals surface area contributed by atoms with Crippen LogP contribution in [0.25, 0.3) is 0 Å². The van der Waals surface area contributed by atoms with E-state index in [9.17, 15) is 18.0 Å². The minimum absolute atomic E-state index is 0.386. The number of hydrogen-bond acceptors (Lipinski definition) is 4. The van der Waals surface area contributed by atoms with Gasteiger partial charge in [-0.15, -0.1) is 11.3 Å². The molecule has 0 N–H and O–H groups in total. The van der Waals surface area contributed by atoms with Crippen LogP contribution in [-0.4, -0.2) is 17.1 Å². The van der Waals surface area contributed by atoms with E-state index in [-0.39, 0.29) is 6.61 Å². The molecule has 0 saturated carbocycles. The van der Waals surface area contributed by atoms with Crippen molar-refractivity contribution in [3.8, 4) is 0 Å². The summed E-state index contributed by atoms with van der Waals surface area (Å²) in [7, 11) is 0. The molecule has 0 aromatic carbocycles. The second-order valence-electron chi connectivity index (χ2n) is 2.04. The van der Waals surface area contributed by atoms with Crippen LogP contribution < -0.4 is 0 Å². The molecule has 72 valence electrons. The van der Waals surface area contributed by atoms with E-state index in [4.69, 9.17) is 0 Å². The lowest BCUT2D eigenvalue weighted by Crippen LogP contribution is -2.24. The summed E-state index contributed by atoms with van der Waals surface area (Å²) < 4.78 is 38.7. The zero-order valence-electron chi connectivity index (χ0n) is 6.17. The van der Waals surface area contributed by atoms with Gasteiger partial charge in [-0.3, -0.25) is 4.98 Å². The molecule has 1 rings (SSSR count). The Balaban J connectivity index is 2.40. The van der Waals surface area contributed by atoms with Crippen molar-refractivity contribution in [1.82, 2.24) is 4.98 Å². The van der Waals surface area contributed by atoms with Crippen molar-refractivity contribution in [2.75, 3.05) is 0 Å². The van der Waals surface area contributed by atoms with Crippen molar-refractivity contribution >= 4 is 17.3 Å². The van der Waals surface area contributed by atoms with Gasteiger partial charge >= 0.3 is 12.1 Å². The van der Waals surface area contributed by atoms with E-state index in [1.807, 2.05) is 0 Å². The lowest BCUT2D eigenvalue weighted by Gasteiger charge is -2.04. The van der Waals surface area contributed by atoms with Gasteiger partial charge in [-0.05, 0) is 0 Å². The number of halogens is 3. The molecule has 1 heterocycles. The summed E-state index contributed by atoms with van der Waals surface area (Å²) in [6, 6.07) is 0. The van der Waals surface area contributed by atoms with Gasteiger partial charge in [0.15, 0.2) is 0 Å². The molecule has 0 unspecified atom stereocenters. The first-order valence-corrected chi connectivity index (χ1v) is 3.99. The Morgan fingerprint density at radius 3 is 2.77 bits per heavy atom. The maximum absolute atomic E-state index is 11.6. The Labute approximate surface area is 75.2 Å². The first-order valence-electron chi connectivity index (χ1n) is 3.11. The molecule has 1 aromatic heterocycles. The molecule has 1 aromatic rings. The summed E-state index contributed by atoms with van der Waals surface area (Å²) in [5.41, 5.74) is 1.44. The van der Waals surface area contributed by atoms with E-state index in [1.165, 1.54) is 11.7 Å². The molecular weight excluding hydrogens is 207 g/mol. The number of esters is 1. The predicted octanol–water partition coefficient (Wildman–Crippen LogP) is 1.75. The molecule has 0 amide bonds. The van der Waals surface area contributed by atoms with Gasteiger partial charge < -0.3 is 4.74 Å². The minimum atomic E-state index is -4.93. The number of carbonyl (C=O) groups excluding carboxylic acids is 1. The van der Waals surface area contributed by atoms with Crippen LogP contribution in [0.4, 0.5) is 13.2 Å². The van der Waals surface area contributed by atoms with Gasteiger partial charge in [-0.25, -0.2) is 4.79 Å². The highest BCUT2D eigenvalue weighted by atomic mass is 32.1. The Bertz CT molecular complexity index is 283. The average molecular weight is 211 g/mol. The maximum Gasteiger partial charge on any atom is 0.490 e. The van der Waals surface area contributed by atoms with Crippen LogP contribution in [0.1, 0.15) is 4.88 Å². The molecule has 0 fully saturated rings. The molecule has 0 aliphatic heterocycles. The van der Waals surface area contributed by atoms with E-state index in [1.54, 1.807) is 0 Å². The molecule has 0 atom stereocenters. The fraction of sp³-hybridized carbons (Fsp3) is 0.333. The van der Waals surface area contributed by atoms with E-state index in [0.29, 0.717) is 4.88 Å². The van der Waals surface area contributed by atoms with Crippen molar-refractivity contribution in [2.45, 2.75) is 12.8 Å². The lowest BCUT2D eigenvalue weighted by atomic mass is 10.6. The van der Waals surface area contributed by atoms with Gasteiger partial charge in [0.2, 0.25) is 0 Å². The normalized spacial score (nSPS) is 11.3. The Morgan fingerprint density at radius 2 is 2.31 bits per heavy atom. The maximum atomic E-state index is 11.6. The molecule has 0 aliphatic rings. The van der Waals surface area contributed by atoms with Crippen LogP contribution in [-0.2, 0) is 16.1 Å². The summed E-state index contributed by atoms with van der Waals surface area (Å²) in [6.07, 6.45) is -3.58. The SMILES string of the molecule is O=C(OCc1cncs1)C(F)(F)F. The first kappa shape index (κ1) is 9.97. The van der Waals surface area contributed by atoms with Gasteiger partial charge in [0.1, 0.15) is 6.61 Å². The van der Waals surface area contributed by atoms with E-state index in [2.05, 4.69) is 9.72 Å². The van der Waals surface area contributed by atoms with Crippen LogP contribution in [0.2, 0.25) is 0 Å². The molecule has 7 heteroatoms. The third-order valence-electron chi connectivity index (χ3n) is 1.06. The zero-order valence-corrected chi connectivity index (χ0v) is 6.98. The monoisotopic (exact) mass is 211 g/mol. The molecular formula is C6H4F3NO2S. The lowest BCUT2D eigenvalue weighted by molar-refractivity contribution is -0.200. The summed E-state index contributed by atoms with van der Waals surface area (Å²) in [6.45, 7) is -0.386. The topological polar surface area (TPSA) is 39.2 Å². The summed E-state index contributed by atoms with van der Waals surface area (Å²) >= 11 is 1.12. The summed E-state index contributed by atoms with van der Waals surface area (Å²) in [5.74, 6) is -2.18. The highest BCUT2D eigenvalue weighted by Gasteiger charge is 2.40. The number of ether oxygens (including phenoxy) is 1. The molecule has 0 bridgehead atoms. The standard InChI is InChI=1S/C6H4F3NO2S/c7-6(8,9)5(11)12-2-4-1-10-3-13-4/h1,3H,2H2. The Morgan fingerprint density at radius 1 is 1.62 bits per heavy atom.